The first-order valence-corrected chi connectivity index (χ1v) is 7.56. The summed E-state index contributed by atoms with van der Waals surface area (Å²) in [5.74, 6) is 5.74. The molecule has 1 aromatic carbocycles. The molecule has 0 saturated carbocycles. The van der Waals surface area contributed by atoms with Crippen molar-refractivity contribution in [3.8, 4) is 0 Å². The minimum absolute atomic E-state index is 0.200. The van der Waals surface area contributed by atoms with Crippen molar-refractivity contribution < 1.29 is 0 Å². The summed E-state index contributed by atoms with van der Waals surface area (Å²) in [5, 5.41) is 0. The van der Waals surface area contributed by atoms with Gasteiger partial charge in [0.25, 0.3) is 0 Å². The Morgan fingerprint density at radius 2 is 1.84 bits per heavy atom. The summed E-state index contributed by atoms with van der Waals surface area (Å²) in [6.45, 7) is 6.47. The van der Waals surface area contributed by atoms with Gasteiger partial charge >= 0.3 is 0 Å². The lowest BCUT2D eigenvalue weighted by atomic mass is 10.0. The normalized spacial score (nSPS) is 12.6. The van der Waals surface area contributed by atoms with Gasteiger partial charge in [0.05, 0.1) is 6.04 Å². The van der Waals surface area contributed by atoms with Gasteiger partial charge in [-0.3, -0.25) is 11.3 Å². The minimum atomic E-state index is 0.200. The Bertz CT molecular complexity index is 525. The Hall–Kier alpha value is -1.16. The summed E-state index contributed by atoms with van der Waals surface area (Å²) in [7, 11) is 0. The molecule has 0 aliphatic carbocycles. The number of hydrogen-bond acceptors (Lipinski definition) is 3. The van der Waals surface area contributed by atoms with Crippen LogP contribution in [0.15, 0.2) is 30.3 Å². The number of hydrogen-bond donors (Lipinski definition) is 2. The molecule has 2 nitrogen and oxygen atoms in total. The third-order valence-electron chi connectivity index (χ3n) is 3.30. The van der Waals surface area contributed by atoms with Gasteiger partial charge in [0.1, 0.15) is 0 Å². The Kier molecular flexibility index (Phi) is 4.75. The van der Waals surface area contributed by atoms with Crippen molar-refractivity contribution in [1.82, 2.24) is 5.43 Å². The molecule has 0 aliphatic rings. The first kappa shape index (κ1) is 14.3. The molecule has 0 bridgehead atoms. The van der Waals surface area contributed by atoms with E-state index < -0.39 is 0 Å². The number of benzene rings is 1. The molecule has 0 amide bonds. The number of nitrogens with two attached hydrogens (primary N) is 1. The number of rotatable bonds is 5. The Morgan fingerprint density at radius 1 is 1.16 bits per heavy atom. The molecule has 19 heavy (non-hydrogen) atoms. The second kappa shape index (κ2) is 6.33. The van der Waals surface area contributed by atoms with E-state index in [9.17, 15) is 0 Å². The van der Waals surface area contributed by atoms with Crippen LogP contribution >= 0.6 is 11.3 Å². The third-order valence-corrected chi connectivity index (χ3v) is 4.64. The van der Waals surface area contributed by atoms with E-state index in [-0.39, 0.29) is 6.04 Å². The van der Waals surface area contributed by atoms with Gasteiger partial charge in [0, 0.05) is 9.75 Å². The molecule has 1 heterocycles. The first-order chi connectivity index (χ1) is 9.12. The summed E-state index contributed by atoms with van der Waals surface area (Å²) in [6, 6.07) is 11.3. The van der Waals surface area contributed by atoms with Gasteiger partial charge in [-0.05, 0) is 44.4 Å². The molecule has 1 atom stereocenters. The molecule has 1 aromatic heterocycles. The molecule has 0 saturated heterocycles. The zero-order chi connectivity index (χ0) is 13.8. The van der Waals surface area contributed by atoms with Crippen LogP contribution in [-0.4, -0.2) is 0 Å². The largest absolute Gasteiger partial charge is 0.271 e. The fourth-order valence-electron chi connectivity index (χ4n) is 2.44. The molecule has 0 aliphatic heterocycles. The predicted octanol–water partition coefficient (Wildman–Crippen LogP) is 3.67. The maximum absolute atomic E-state index is 5.74. The highest BCUT2D eigenvalue weighted by Crippen LogP contribution is 2.26. The maximum atomic E-state index is 5.74. The van der Waals surface area contributed by atoms with Gasteiger partial charge in [0.15, 0.2) is 0 Å². The molecule has 3 N–H and O–H groups in total. The minimum Gasteiger partial charge on any atom is -0.271 e. The van der Waals surface area contributed by atoms with Crippen molar-refractivity contribution in [2.75, 3.05) is 0 Å². The third kappa shape index (κ3) is 3.66. The van der Waals surface area contributed by atoms with E-state index in [1.165, 1.54) is 26.4 Å². The van der Waals surface area contributed by atoms with E-state index in [2.05, 4.69) is 56.5 Å². The predicted molar refractivity (Wildman–Crippen MR) is 83.4 cm³/mol. The standard InChI is InChI=1S/C16H22N2S/c1-4-14-5-6-16(19-14)15(18-17)10-13-8-11(2)7-12(3)9-13/h5-9,15,18H,4,10,17H2,1-3H3. The Labute approximate surface area is 119 Å². The topological polar surface area (TPSA) is 38.0 Å². The van der Waals surface area contributed by atoms with Crippen LogP contribution in [0.1, 0.15) is 39.4 Å². The van der Waals surface area contributed by atoms with Gasteiger partial charge in [-0.25, -0.2) is 0 Å². The second-order valence-corrected chi connectivity index (χ2v) is 6.28. The first-order valence-electron chi connectivity index (χ1n) is 6.74. The molecule has 2 rings (SSSR count). The average molecular weight is 274 g/mol. The SMILES string of the molecule is CCc1ccc(C(Cc2cc(C)cc(C)c2)NN)s1. The van der Waals surface area contributed by atoms with Crippen molar-refractivity contribution in [3.63, 3.8) is 0 Å². The van der Waals surface area contributed by atoms with E-state index in [1.54, 1.807) is 0 Å². The van der Waals surface area contributed by atoms with E-state index in [4.69, 9.17) is 5.84 Å². The number of aryl methyl sites for hydroxylation is 3. The zero-order valence-corrected chi connectivity index (χ0v) is 12.7. The van der Waals surface area contributed by atoms with Gasteiger partial charge in [-0.2, -0.15) is 0 Å². The van der Waals surface area contributed by atoms with Crippen molar-refractivity contribution in [2.24, 2.45) is 5.84 Å². The molecule has 1 unspecified atom stereocenters. The van der Waals surface area contributed by atoms with Crippen molar-refractivity contribution in [2.45, 2.75) is 39.7 Å². The fraction of sp³-hybridized carbons (Fsp3) is 0.375. The quantitative estimate of drug-likeness (QED) is 0.645. The summed E-state index contributed by atoms with van der Waals surface area (Å²) >= 11 is 1.85. The number of thiophene rings is 1. The fourth-order valence-corrected chi connectivity index (χ4v) is 3.45. The van der Waals surface area contributed by atoms with Crippen molar-refractivity contribution in [3.05, 3.63) is 56.8 Å². The Morgan fingerprint density at radius 3 is 2.37 bits per heavy atom. The lowest BCUT2D eigenvalue weighted by Crippen LogP contribution is -2.29. The summed E-state index contributed by atoms with van der Waals surface area (Å²) in [5.41, 5.74) is 6.92. The molecular weight excluding hydrogens is 252 g/mol. The van der Waals surface area contributed by atoms with Crippen LogP contribution in [-0.2, 0) is 12.8 Å². The maximum Gasteiger partial charge on any atom is 0.0593 e. The highest BCUT2D eigenvalue weighted by molar-refractivity contribution is 7.12. The molecule has 3 heteroatoms. The van der Waals surface area contributed by atoms with E-state index in [1.807, 2.05) is 11.3 Å². The molecule has 102 valence electrons. The monoisotopic (exact) mass is 274 g/mol. The van der Waals surface area contributed by atoms with E-state index in [0.29, 0.717) is 0 Å². The summed E-state index contributed by atoms with van der Waals surface area (Å²) < 4.78 is 0. The highest BCUT2D eigenvalue weighted by Gasteiger charge is 2.13. The average Bonchev–Trinajstić information content (AvgIpc) is 2.83. The lowest BCUT2D eigenvalue weighted by molar-refractivity contribution is 0.560. The summed E-state index contributed by atoms with van der Waals surface area (Å²) in [6.07, 6.45) is 2.02. The lowest BCUT2D eigenvalue weighted by Gasteiger charge is -2.15. The molecule has 0 radical (unpaired) electrons. The molecule has 0 fully saturated rings. The van der Waals surface area contributed by atoms with Crippen LogP contribution in [0.5, 0.6) is 0 Å². The van der Waals surface area contributed by atoms with Gasteiger partial charge in [-0.1, -0.05) is 36.2 Å². The van der Waals surface area contributed by atoms with Crippen LogP contribution < -0.4 is 11.3 Å². The second-order valence-electron chi connectivity index (χ2n) is 5.08. The molecule has 0 spiro atoms. The van der Waals surface area contributed by atoms with Gasteiger partial charge in [-0.15, -0.1) is 11.3 Å². The van der Waals surface area contributed by atoms with Crippen LogP contribution in [0.25, 0.3) is 0 Å². The number of hydrazine groups is 1. The Balaban J connectivity index is 2.18. The van der Waals surface area contributed by atoms with Crippen LogP contribution in [0.4, 0.5) is 0 Å². The van der Waals surface area contributed by atoms with Crippen LogP contribution in [0.3, 0.4) is 0 Å². The van der Waals surface area contributed by atoms with Crippen molar-refractivity contribution >= 4 is 11.3 Å². The van der Waals surface area contributed by atoms with Crippen molar-refractivity contribution in [1.29, 1.82) is 0 Å². The number of nitrogens with one attached hydrogen (secondary N) is 1. The smallest absolute Gasteiger partial charge is 0.0593 e. The summed E-state index contributed by atoms with van der Waals surface area (Å²) in [4.78, 5) is 2.73. The van der Waals surface area contributed by atoms with E-state index in [0.717, 1.165) is 12.8 Å². The zero-order valence-electron chi connectivity index (χ0n) is 11.9. The highest BCUT2D eigenvalue weighted by atomic mass is 32.1. The van der Waals surface area contributed by atoms with Crippen LogP contribution in [0, 0.1) is 13.8 Å². The molecular formula is C16H22N2S. The van der Waals surface area contributed by atoms with Crippen LogP contribution in [0.2, 0.25) is 0 Å². The van der Waals surface area contributed by atoms with Gasteiger partial charge in [0.2, 0.25) is 0 Å². The van der Waals surface area contributed by atoms with E-state index >= 15 is 0 Å². The molecule has 2 aromatic rings. The van der Waals surface area contributed by atoms with Gasteiger partial charge < -0.3 is 0 Å².